The van der Waals surface area contributed by atoms with Crippen LogP contribution in [-0.2, 0) is 0 Å². The number of anilines is 1. The van der Waals surface area contributed by atoms with Gasteiger partial charge in [-0.3, -0.25) is 0 Å². The van der Waals surface area contributed by atoms with Crippen molar-refractivity contribution >= 4 is 44.8 Å². The van der Waals surface area contributed by atoms with Gasteiger partial charge in [-0.25, -0.2) is 0 Å². The molecule has 0 radical (unpaired) electrons. The average molecular weight is 243 g/mol. The van der Waals surface area contributed by atoms with Gasteiger partial charge in [-0.2, -0.15) is 0 Å². The van der Waals surface area contributed by atoms with Crippen LogP contribution in [0, 0.1) is 0 Å². The molecule has 0 aliphatic carbocycles. The Hall–Kier alpha value is -0.0600. The molecule has 3 nitrogen and oxygen atoms in total. The number of hydrogen-bond donors (Lipinski definition) is 1. The molecule has 0 bridgehead atoms. The monoisotopic (exact) mass is 241 g/mol. The summed E-state index contributed by atoms with van der Waals surface area (Å²) < 4.78 is 0.481. The highest BCUT2D eigenvalue weighted by atomic mass is 79.9. The lowest BCUT2D eigenvalue weighted by molar-refractivity contribution is 1.03. The van der Waals surface area contributed by atoms with Gasteiger partial charge in [0.05, 0.1) is 10.2 Å². The molecule has 0 aliphatic heterocycles. The average Bonchev–Trinajstić information content (AvgIpc) is 1.93. The van der Waals surface area contributed by atoms with Crippen LogP contribution in [0.2, 0.25) is 10.3 Å². The second-order valence-corrected chi connectivity index (χ2v) is 3.02. The first-order chi connectivity index (χ1) is 4.63. The summed E-state index contributed by atoms with van der Waals surface area (Å²) in [6.07, 6.45) is 0. The first kappa shape index (κ1) is 8.04. The zero-order valence-corrected chi connectivity index (χ0v) is 7.70. The van der Waals surface area contributed by atoms with Crippen molar-refractivity contribution in [1.82, 2.24) is 10.2 Å². The van der Waals surface area contributed by atoms with E-state index in [9.17, 15) is 0 Å². The molecule has 0 amide bonds. The van der Waals surface area contributed by atoms with Crippen LogP contribution in [0.3, 0.4) is 0 Å². The van der Waals surface area contributed by atoms with Crippen molar-refractivity contribution < 1.29 is 0 Å². The molecule has 1 aromatic rings. The van der Waals surface area contributed by atoms with Crippen LogP contribution >= 0.6 is 39.1 Å². The van der Waals surface area contributed by atoms with Crippen LogP contribution in [0.15, 0.2) is 4.47 Å². The lowest BCUT2D eigenvalue weighted by Crippen LogP contribution is -1.94. The predicted molar refractivity (Wildman–Crippen MR) is 44.2 cm³/mol. The van der Waals surface area contributed by atoms with Gasteiger partial charge in [0.25, 0.3) is 0 Å². The molecular formula is C4H2BrCl2N3. The largest absolute Gasteiger partial charge is 0.395 e. The molecule has 0 fully saturated rings. The first-order valence-corrected chi connectivity index (χ1v) is 3.80. The number of aromatic nitrogens is 2. The van der Waals surface area contributed by atoms with Crippen molar-refractivity contribution in [2.24, 2.45) is 0 Å². The number of rotatable bonds is 0. The van der Waals surface area contributed by atoms with Gasteiger partial charge in [0.2, 0.25) is 0 Å². The summed E-state index contributed by atoms with van der Waals surface area (Å²) in [5.41, 5.74) is 5.72. The Balaban J connectivity index is 3.34. The van der Waals surface area contributed by atoms with E-state index in [2.05, 4.69) is 26.1 Å². The number of nitrogen functional groups attached to an aromatic ring is 1. The topological polar surface area (TPSA) is 51.8 Å². The molecule has 0 aliphatic rings. The Morgan fingerprint density at radius 1 is 1.20 bits per heavy atom. The number of nitrogens with zero attached hydrogens (tertiary/aromatic N) is 2. The summed E-state index contributed by atoms with van der Waals surface area (Å²) in [4.78, 5) is 0. The van der Waals surface area contributed by atoms with E-state index in [0.717, 1.165) is 0 Å². The van der Waals surface area contributed by atoms with E-state index in [0.29, 0.717) is 10.2 Å². The smallest absolute Gasteiger partial charge is 0.175 e. The molecule has 0 saturated heterocycles. The van der Waals surface area contributed by atoms with Gasteiger partial charge in [0, 0.05) is 0 Å². The fraction of sp³-hybridized carbons (Fsp3) is 0. The standard InChI is InChI=1S/C4H2BrCl2N3/c5-1-2(8)4(7)10-9-3(1)6/h(H2,8,9). The van der Waals surface area contributed by atoms with E-state index in [1.807, 2.05) is 0 Å². The van der Waals surface area contributed by atoms with E-state index < -0.39 is 0 Å². The SMILES string of the molecule is Nc1c(Cl)nnc(Cl)c1Br. The maximum absolute atomic E-state index is 5.53. The summed E-state index contributed by atoms with van der Waals surface area (Å²) in [6.45, 7) is 0. The Labute approximate surface area is 75.7 Å². The zero-order chi connectivity index (χ0) is 7.72. The van der Waals surface area contributed by atoms with Crippen molar-refractivity contribution in [1.29, 1.82) is 0 Å². The van der Waals surface area contributed by atoms with Gasteiger partial charge in [-0.05, 0) is 15.9 Å². The van der Waals surface area contributed by atoms with E-state index >= 15 is 0 Å². The molecule has 0 aromatic carbocycles. The van der Waals surface area contributed by atoms with Crippen LogP contribution < -0.4 is 5.73 Å². The maximum Gasteiger partial charge on any atom is 0.175 e. The van der Waals surface area contributed by atoms with E-state index in [-0.39, 0.29) is 10.3 Å². The fourth-order valence-electron chi connectivity index (χ4n) is 0.387. The summed E-state index contributed by atoms with van der Waals surface area (Å²) in [6, 6.07) is 0. The summed E-state index contributed by atoms with van der Waals surface area (Å²) >= 11 is 14.1. The van der Waals surface area contributed by atoms with Crippen LogP contribution in [-0.4, -0.2) is 10.2 Å². The Bertz CT molecular complexity index is 238. The quantitative estimate of drug-likeness (QED) is 0.759. The summed E-state index contributed by atoms with van der Waals surface area (Å²) in [5.74, 6) is 0. The fourth-order valence-corrected chi connectivity index (χ4v) is 1.04. The molecule has 0 spiro atoms. The van der Waals surface area contributed by atoms with Crippen molar-refractivity contribution in [3.05, 3.63) is 14.8 Å². The van der Waals surface area contributed by atoms with Crippen molar-refractivity contribution in [2.45, 2.75) is 0 Å². The molecule has 6 heteroatoms. The van der Waals surface area contributed by atoms with Crippen LogP contribution in [0.4, 0.5) is 5.69 Å². The molecular weight excluding hydrogens is 241 g/mol. The summed E-state index contributed by atoms with van der Waals surface area (Å²) in [7, 11) is 0. The van der Waals surface area contributed by atoms with E-state index in [4.69, 9.17) is 28.9 Å². The number of hydrogen-bond acceptors (Lipinski definition) is 3. The van der Waals surface area contributed by atoms with Crippen molar-refractivity contribution in [2.75, 3.05) is 5.73 Å². The first-order valence-electron chi connectivity index (χ1n) is 2.25. The van der Waals surface area contributed by atoms with Gasteiger partial charge < -0.3 is 5.73 Å². The van der Waals surface area contributed by atoms with E-state index in [1.54, 1.807) is 0 Å². The molecule has 54 valence electrons. The minimum absolute atomic E-state index is 0.149. The molecule has 1 rings (SSSR count). The Morgan fingerprint density at radius 2 is 1.70 bits per heavy atom. The van der Waals surface area contributed by atoms with Gasteiger partial charge in [0.1, 0.15) is 0 Å². The highest BCUT2D eigenvalue weighted by Crippen LogP contribution is 2.29. The molecule has 0 unspecified atom stereocenters. The molecule has 2 N–H and O–H groups in total. The second-order valence-electron chi connectivity index (χ2n) is 1.51. The number of halogens is 3. The highest BCUT2D eigenvalue weighted by Gasteiger charge is 2.06. The van der Waals surface area contributed by atoms with Gasteiger partial charge in [0.15, 0.2) is 10.3 Å². The lowest BCUT2D eigenvalue weighted by Gasteiger charge is -1.98. The highest BCUT2D eigenvalue weighted by molar-refractivity contribution is 9.10. The van der Waals surface area contributed by atoms with Gasteiger partial charge in [-0.1, -0.05) is 23.2 Å². The van der Waals surface area contributed by atoms with Crippen LogP contribution in [0.25, 0.3) is 0 Å². The predicted octanol–water partition coefficient (Wildman–Crippen LogP) is 2.13. The molecule has 0 saturated carbocycles. The van der Waals surface area contributed by atoms with E-state index in [1.165, 1.54) is 0 Å². The van der Waals surface area contributed by atoms with Crippen LogP contribution in [0.5, 0.6) is 0 Å². The lowest BCUT2D eigenvalue weighted by atomic mass is 10.5. The minimum Gasteiger partial charge on any atom is -0.395 e. The Kier molecular flexibility index (Phi) is 2.33. The van der Waals surface area contributed by atoms with Crippen molar-refractivity contribution in [3.63, 3.8) is 0 Å². The molecule has 1 aromatic heterocycles. The Morgan fingerprint density at radius 3 is 2.20 bits per heavy atom. The molecule has 10 heavy (non-hydrogen) atoms. The van der Waals surface area contributed by atoms with Gasteiger partial charge >= 0.3 is 0 Å². The normalized spacial score (nSPS) is 9.90. The third kappa shape index (κ3) is 1.33. The minimum atomic E-state index is 0.149. The summed E-state index contributed by atoms with van der Waals surface area (Å²) in [5, 5.41) is 7.32. The van der Waals surface area contributed by atoms with Crippen molar-refractivity contribution in [3.8, 4) is 0 Å². The zero-order valence-electron chi connectivity index (χ0n) is 4.61. The van der Waals surface area contributed by atoms with Crippen LogP contribution in [0.1, 0.15) is 0 Å². The number of nitrogens with two attached hydrogens (primary N) is 1. The molecule has 0 atom stereocenters. The third-order valence-corrected chi connectivity index (χ3v) is 2.44. The maximum atomic E-state index is 5.53. The van der Waals surface area contributed by atoms with Gasteiger partial charge in [-0.15, -0.1) is 10.2 Å². The second kappa shape index (κ2) is 2.90. The molecule has 1 heterocycles. The third-order valence-electron chi connectivity index (χ3n) is 0.865.